The highest BCUT2D eigenvalue weighted by Crippen LogP contribution is 2.38. The van der Waals surface area contributed by atoms with Crippen molar-refractivity contribution in [1.82, 2.24) is 0 Å². The number of nitro groups is 1. The first-order valence-corrected chi connectivity index (χ1v) is 8.86. The molecule has 0 aliphatic rings. The van der Waals surface area contributed by atoms with Crippen molar-refractivity contribution in [2.75, 3.05) is 26.1 Å². The second kappa shape index (κ2) is 7.67. The first kappa shape index (κ1) is 19.6. The quantitative estimate of drug-likeness (QED) is 0.558. The Labute approximate surface area is 154 Å². The number of methoxy groups -OCH3 is 3. The van der Waals surface area contributed by atoms with Crippen molar-refractivity contribution in [3.05, 3.63) is 45.5 Å². The molecule has 0 aliphatic heterocycles. The van der Waals surface area contributed by atoms with E-state index >= 15 is 0 Å². The lowest BCUT2D eigenvalue weighted by Crippen LogP contribution is -2.15. The van der Waals surface area contributed by atoms with Gasteiger partial charge in [0.05, 0.1) is 43.0 Å². The third-order valence-electron chi connectivity index (χ3n) is 3.37. The van der Waals surface area contributed by atoms with Gasteiger partial charge < -0.3 is 14.2 Å². The zero-order valence-corrected chi connectivity index (χ0v) is 15.6. The van der Waals surface area contributed by atoms with Crippen LogP contribution in [-0.4, -0.2) is 34.7 Å². The Kier molecular flexibility index (Phi) is 5.78. The molecular weight excluding hydrogens is 388 g/mol. The summed E-state index contributed by atoms with van der Waals surface area (Å²) in [4.78, 5) is 9.90. The molecule has 0 amide bonds. The molecule has 0 aliphatic carbocycles. The molecule has 0 saturated heterocycles. The van der Waals surface area contributed by atoms with E-state index in [9.17, 15) is 18.5 Å². The van der Waals surface area contributed by atoms with E-state index < -0.39 is 25.5 Å². The number of sulfonamides is 1. The fraction of sp³-hybridized carbons (Fsp3) is 0.200. The highest BCUT2D eigenvalue weighted by atomic mass is 35.5. The van der Waals surface area contributed by atoms with Gasteiger partial charge in [0.25, 0.3) is 15.7 Å². The van der Waals surface area contributed by atoms with Gasteiger partial charge in [0.1, 0.15) is 17.2 Å². The van der Waals surface area contributed by atoms with Gasteiger partial charge in [-0.05, 0) is 18.2 Å². The molecule has 2 aromatic rings. The summed E-state index contributed by atoms with van der Waals surface area (Å²) in [5.41, 5.74) is -0.626. The van der Waals surface area contributed by atoms with Crippen molar-refractivity contribution in [1.29, 1.82) is 0 Å². The van der Waals surface area contributed by atoms with E-state index in [-0.39, 0.29) is 28.0 Å². The average molecular weight is 403 g/mol. The third-order valence-corrected chi connectivity index (χ3v) is 5.08. The first-order chi connectivity index (χ1) is 12.2. The van der Waals surface area contributed by atoms with E-state index in [0.29, 0.717) is 0 Å². The molecule has 0 spiro atoms. The number of nitrogens with one attached hydrogen (secondary N) is 1. The third kappa shape index (κ3) is 3.92. The molecule has 140 valence electrons. The minimum absolute atomic E-state index is 0.00316. The summed E-state index contributed by atoms with van der Waals surface area (Å²) in [6, 6.07) is 6.08. The molecule has 0 aromatic heterocycles. The zero-order valence-electron chi connectivity index (χ0n) is 14.0. The predicted molar refractivity (Wildman–Crippen MR) is 95.0 cm³/mol. The summed E-state index contributed by atoms with van der Waals surface area (Å²) >= 11 is 6.01. The fourth-order valence-electron chi connectivity index (χ4n) is 2.13. The SMILES string of the molecule is COc1ccc(S(=O)(=O)Nc2cc(Cl)c(OC)cc2OC)c([N+](=O)[O-])c1. The molecule has 0 unspecified atom stereocenters. The van der Waals surface area contributed by atoms with E-state index in [4.69, 9.17) is 25.8 Å². The van der Waals surface area contributed by atoms with E-state index in [1.54, 1.807) is 0 Å². The lowest BCUT2D eigenvalue weighted by molar-refractivity contribution is -0.387. The van der Waals surface area contributed by atoms with Crippen molar-refractivity contribution in [3.8, 4) is 17.2 Å². The number of hydrogen-bond acceptors (Lipinski definition) is 7. The molecular formula is C15H15ClN2O7S. The molecule has 2 rings (SSSR count). The molecule has 11 heteroatoms. The van der Waals surface area contributed by atoms with Gasteiger partial charge in [-0.2, -0.15) is 0 Å². The Morgan fingerprint density at radius 1 is 1.04 bits per heavy atom. The number of benzene rings is 2. The Balaban J connectivity index is 2.54. The Morgan fingerprint density at radius 2 is 1.69 bits per heavy atom. The lowest BCUT2D eigenvalue weighted by Gasteiger charge is -2.14. The summed E-state index contributed by atoms with van der Waals surface area (Å²) in [6.07, 6.45) is 0. The summed E-state index contributed by atoms with van der Waals surface area (Å²) in [5, 5.41) is 11.4. The molecule has 0 heterocycles. The number of nitrogens with zero attached hydrogens (tertiary/aromatic N) is 1. The standard InChI is InChI=1S/C15H15ClN2O7S/c1-23-9-4-5-15(12(6-9)18(19)20)26(21,22)17-11-7-10(16)13(24-2)8-14(11)25-3/h4-8,17H,1-3H3. The maximum Gasteiger partial charge on any atom is 0.293 e. The molecule has 1 N–H and O–H groups in total. The summed E-state index contributed by atoms with van der Waals surface area (Å²) in [5.74, 6) is 0.564. The van der Waals surface area contributed by atoms with Gasteiger partial charge in [0, 0.05) is 6.07 Å². The van der Waals surface area contributed by atoms with Crippen LogP contribution in [0.3, 0.4) is 0 Å². The zero-order chi connectivity index (χ0) is 19.5. The van der Waals surface area contributed by atoms with Crippen molar-refractivity contribution >= 4 is 33.0 Å². The monoisotopic (exact) mass is 402 g/mol. The lowest BCUT2D eigenvalue weighted by atomic mass is 10.3. The number of anilines is 1. The highest BCUT2D eigenvalue weighted by Gasteiger charge is 2.28. The number of rotatable bonds is 7. The van der Waals surface area contributed by atoms with Crippen LogP contribution in [0.1, 0.15) is 0 Å². The Hall–Kier alpha value is -2.72. The van der Waals surface area contributed by atoms with Crippen LogP contribution in [0.5, 0.6) is 17.2 Å². The molecule has 9 nitrogen and oxygen atoms in total. The smallest absolute Gasteiger partial charge is 0.293 e. The van der Waals surface area contributed by atoms with Gasteiger partial charge in [0.15, 0.2) is 4.90 Å². The maximum absolute atomic E-state index is 12.7. The van der Waals surface area contributed by atoms with Crippen LogP contribution in [0.25, 0.3) is 0 Å². The first-order valence-electron chi connectivity index (χ1n) is 7.00. The Bertz CT molecular complexity index is 947. The maximum atomic E-state index is 12.7. The largest absolute Gasteiger partial charge is 0.497 e. The van der Waals surface area contributed by atoms with Gasteiger partial charge in [-0.1, -0.05) is 11.6 Å². The molecule has 0 saturated carbocycles. The summed E-state index contributed by atoms with van der Waals surface area (Å²) in [7, 11) is -0.271. The highest BCUT2D eigenvalue weighted by molar-refractivity contribution is 7.92. The van der Waals surface area contributed by atoms with Gasteiger partial charge in [0.2, 0.25) is 0 Å². The average Bonchev–Trinajstić information content (AvgIpc) is 2.61. The van der Waals surface area contributed by atoms with Crippen LogP contribution in [0, 0.1) is 10.1 Å². The minimum Gasteiger partial charge on any atom is -0.497 e. The summed E-state index contributed by atoms with van der Waals surface area (Å²) in [6.45, 7) is 0. The molecule has 0 radical (unpaired) electrons. The van der Waals surface area contributed by atoms with E-state index in [1.165, 1.54) is 39.5 Å². The van der Waals surface area contributed by atoms with Gasteiger partial charge >= 0.3 is 0 Å². The predicted octanol–water partition coefficient (Wildman–Crippen LogP) is 3.07. The van der Waals surface area contributed by atoms with Gasteiger partial charge in [-0.3, -0.25) is 14.8 Å². The van der Waals surface area contributed by atoms with E-state index in [0.717, 1.165) is 12.1 Å². The van der Waals surface area contributed by atoms with Crippen molar-refractivity contribution in [2.45, 2.75) is 4.90 Å². The molecule has 0 atom stereocenters. The van der Waals surface area contributed by atoms with Gasteiger partial charge in [-0.15, -0.1) is 0 Å². The van der Waals surface area contributed by atoms with Crippen LogP contribution in [0.4, 0.5) is 11.4 Å². The molecule has 2 aromatic carbocycles. The normalized spacial score (nSPS) is 10.9. The molecule has 26 heavy (non-hydrogen) atoms. The minimum atomic E-state index is -4.31. The van der Waals surface area contributed by atoms with Crippen LogP contribution >= 0.6 is 11.6 Å². The van der Waals surface area contributed by atoms with Crippen molar-refractivity contribution in [2.24, 2.45) is 0 Å². The topological polar surface area (TPSA) is 117 Å². The van der Waals surface area contributed by atoms with Crippen LogP contribution in [-0.2, 0) is 10.0 Å². The van der Waals surface area contributed by atoms with Crippen LogP contribution in [0.2, 0.25) is 5.02 Å². The number of halogens is 1. The van der Waals surface area contributed by atoms with E-state index in [2.05, 4.69) is 4.72 Å². The number of ether oxygens (including phenoxy) is 3. The second-order valence-corrected chi connectivity index (χ2v) is 6.94. The number of hydrogen-bond donors (Lipinski definition) is 1. The number of nitro benzene ring substituents is 1. The summed E-state index contributed by atoms with van der Waals surface area (Å²) < 4.78 is 42.6. The van der Waals surface area contributed by atoms with E-state index in [1.807, 2.05) is 0 Å². The second-order valence-electron chi connectivity index (χ2n) is 4.88. The van der Waals surface area contributed by atoms with Crippen molar-refractivity contribution in [3.63, 3.8) is 0 Å². The molecule has 0 bridgehead atoms. The van der Waals surface area contributed by atoms with Crippen LogP contribution in [0.15, 0.2) is 35.2 Å². The Morgan fingerprint density at radius 3 is 2.23 bits per heavy atom. The van der Waals surface area contributed by atoms with Crippen LogP contribution < -0.4 is 18.9 Å². The van der Waals surface area contributed by atoms with Gasteiger partial charge in [-0.25, -0.2) is 8.42 Å². The molecule has 0 fully saturated rings. The van der Waals surface area contributed by atoms with Crippen molar-refractivity contribution < 1.29 is 27.6 Å². The fourth-order valence-corrected chi connectivity index (χ4v) is 3.59.